The summed E-state index contributed by atoms with van der Waals surface area (Å²) in [6.45, 7) is 6.45. The van der Waals surface area contributed by atoms with Gasteiger partial charge in [0, 0.05) is 55.6 Å². The molecule has 5 rings (SSSR count). The quantitative estimate of drug-likeness (QED) is 0.573. The van der Waals surface area contributed by atoms with Crippen molar-refractivity contribution in [3.05, 3.63) is 59.3 Å². The number of fused-ring (bicyclic) bond motifs is 2. The smallest absolute Gasteiger partial charge is 0.409 e. The Kier molecular flexibility index (Phi) is 6.53. The molecular weight excluding hydrogens is 446 g/mol. The lowest BCUT2D eigenvalue weighted by Gasteiger charge is -2.34. The summed E-state index contributed by atoms with van der Waals surface area (Å²) in [6, 6.07) is 12.2. The highest BCUT2D eigenvalue weighted by molar-refractivity contribution is 5.88. The average molecular weight is 478 g/mol. The number of ether oxygens (including phenoxy) is 3. The second-order valence-corrected chi connectivity index (χ2v) is 8.87. The predicted molar refractivity (Wildman–Crippen MR) is 132 cm³/mol. The van der Waals surface area contributed by atoms with Crippen LogP contribution in [0.25, 0.3) is 10.9 Å². The Hall–Kier alpha value is -3.68. The molecule has 0 saturated carbocycles. The SMILES string of the molecule is CCOC(=O)N1CCN(C(=O)C[C@@H](c2ccc3c(c2)OCO3)c2c[nH]c3c(CC)cccc23)CC1. The topological polar surface area (TPSA) is 84.1 Å². The summed E-state index contributed by atoms with van der Waals surface area (Å²) >= 11 is 0. The predicted octanol–water partition coefficient (Wildman–Crippen LogP) is 4.28. The number of carbonyl (C=O) groups excluding carboxylic acids is 2. The van der Waals surface area contributed by atoms with Gasteiger partial charge in [-0.2, -0.15) is 0 Å². The minimum absolute atomic E-state index is 0.0668. The molecule has 1 N–H and O–H groups in total. The maximum Gasteiger partial charge on any atom is 0.409 e. The molecule has 2 aliphatic rings. The van der Waals surface area contributed by atoms with E-state index in [9.17, 15) is 9.59 Å². The molecule has 1 saturated heterocycles. The first-order valence-corrected chi connectivity index (χ1v) is 12.3. The van der Waals surface area contributed by atoms with E-state index >= 15 is 0 Å². The number of aromatic nitrogens is 1. The fourth-order valence-electron chi connectivity index (χ4n) is 5.02. The average Bonchev–Trinajstić information content (AvgIpc) is 3.54. The van der Waals surface area contributed by atoms with E-state index in [1.54, 1.807) is 11.8 Å². The van der Waals surface area contributed by atoms with Crippen LogP contribution in [0.3, 0.4) is 0 Å². The summed E-state index contributed by atoms with van der Waals surface area (Å²) in [7, 11) is 0. The molecule has 2 aliphatic heterocycles. The van der Waals surface area contributed by atoms with Crippen molar-refractivity contribution in [1.82, 2.24) is 14.8 Å². The third-order valence-corrected chi connectivity index (χ3v) is 6.93. The Morgan fingerprint density at radius 1 is 1.03 bits per heavy atom. The van der Waals surface area contributed by atoms with Crippen molar-refractivity contribution in [2.45, 2.75) is 32.6 Å². The summed E-state index contributed by atoms with van der Waals surface area (Å²) in [4.78, 5) is 32.5. The van der Waals surface area contributed by atoms with Gasteiger partial charge in [-0.1, -0.05) is 31.2 Å². The molecule has 0 bridgehead atoms. The minimum Gasteiger partial charge on any atom is -0.454 e. The van der Waals surface area contributed by atoms with Gasteiger partial charge in [0.1, 0.15) is 0 Å². The molecule has 0 spiro atoms. The number of aromatic amines is 1. The van der Waals surface area contributed by atoms with Crippen molar-refractivity contribution in [3.8, 4) is 11.5 Å². The molecule has 2 aromatic carbocycles. The van der Waals surface area contributed by atoms with E-state index < -0.39 is 0 Å². The van der Waals surface area contributed by atoms with Gasteiger partial charge in [-0.15, -0.1) is 0 Å². The van der Waals surface area contributed by atoms with Gasteiger partial charge in [-0.25, -0.2) is 4.79 Å². The van der Waals surface area contributed by atoms with Gasteiger partial charge in [0.2, 0.25) is 12.7 Å². The zero-order chi connectivity index (χ0) is 24.4. The number of rotatable bonds is 6. The Balaban J connectivity index is 1.42. The fraction of sp³-hybridized carbons (Fsp3) is 0.407. The van der Waals surface area contributed by atoms with Crippen LogP contribution < -0.4 is 9.47 Å². The molecule has 1 aromatic heterocycles. The minimum atomic E-state index is -0.316. The standard InChI is InChI=1S/C27H31N3O5/c1-3-18-6-5-7-20-22(16-28-26(18)20)21(19-8-9-23-24(14-19)35-17-34-23)15-25(31)29-10-12-30(13-11-29)27(32)33-4-2/h5-9,14,16,21,28H,3-4,10-13,15,17H2,1-2H3/t21-/m0/s1. The van der Waals surface area contributed by atoms with E-state index in [0.717, 1.165) is 34.2 Å². The molecule has 3 aromatic rings. The zero-order valence-electron chi connectivity index (χ0n) is 20.2. The number of nitrogens with one attached hydrogen (secondary N) is 1. The first kappa shape index (κ1) is 23.1. The van der Waals surface area contributed by atoms with Gasteiger partial charge in [0.05, 0.1) is 6.61 Å². The maximum absolute atomic E-state index is 13.5. The monoisotopic (exact) mass is 477 g/mol. The van der Waals surface area contributed by atoms with Crippen molar-refractivity contribution in [3.63, 3.8) is 0 Å². The normalized spacial score (nSPS) is 15.9. The molecule has 184 valence electrons. The second kappa shape index (κ2) is 9.90. The Bertz CT molecular complexity index is 1230. The van der Waals surface area contributed by atoms with Crippen molar-refractivity contribution in [2.75, 3.05) is 39.6 Å². The molecule has 8 heteroatoms. The molecule has 3 heterocycles. The first-order chi connectivity index (χ1) is 17.1. The summed E-state index contributed by atoms with van der Waals surface area (Å²) < 4.78 is 16.2. The third-order valence-electron chi connectivity index (χ3n) is 6.93. The summed E-state index contributed by atoms with van der Waals surface area (Å²) in [5, 5.41) is 1.13. The number of nitrogens with zero attached hydrogens (tertiary/aromatic N) is 2. The van der Waals surface area contributed by atoms with Crippen LogP contribution in [0.5, 0.6) is 11.5 Å². The number of aryl methyl sites for hydroxylation is 1. The molecule has 1 fully saturated rings. The number of piperazine rings is 1. The zero-order valence-corrected chi connectivity index (χ0v) is 20.2. The lowest BCUT2D eigenvalue weighted by molar-refractivity contribution is -0.133. The number of para-hydroxylation sites is 1. The van der Waals surface area contributed by atoms with E-state index in [1.165, 1.54) is 5.56 Å². The largest absolute Gasteiger partial charge is 0.454 e. The number of H-pyrrole nitrogens is 1. The van der Waals surface area contributed by atoms with Crippen LogP contribution in [-0.2, 0) is 16.0 Å². The Labute approximate surface area is 204 Å². The number of hydrogen-bond donors (Lipinski definition) is 1. The number of benzene rings is 2. The molecule has 1 atom stereocenters. The van der Waals surface area contributed by atoms with E-state index in [-0.39, 0.29) is 24.7 Å². The van der Waals surface area contributed by atoms with Crippen LogP contribution in [-0.4, -0.2) is 66.4 Å². The number of carbonyl (C=O) groups is 2. The van der Waals surface area contributed by atoms with Crippen LogP contribution in [0.15, 0.2) is 42.6 Å². The Morgan fingerprint density at radius 2 is 1.80 bits per heavy atom. The molecule has 35 heavy (non-hydrogen) atoms. The van der Waals surface area contributed by atoms with Crippen molar-refractivity contribution in [2.24, 2.45) is 0 Å². The highest BCUT2D eigenvalue weighted by atomic mass is 16.7. The summed E-state index contributed by atoms with van der Waals surface area (Å²) in [5.74, 6) is 1.34. The number of amides is 2. The highest BCUT2D eigenvalue weighted by Crippen LogP contribution is 2.40. The maximum atomic E-state index is 13.5. The Morgan fingerprint density at radius 3 is 2.57 bits per heavy atom. The van der Waals surface area contributed by atoms with E-state index in [2.05, 4.69) is 30.1 Å². The van der Waals surface area contributed by atoms with E-state index in [0.29, 0.717) is 45.0 Å². The van der Waals surface area contributed by atoms with E-state index in [4.69, 9.17) is 14.2 Å². The van der Waals surface area contributed by atoms with Crippen molar-refractivity contribution in [1.29, 1.82) is 0 Å². The molecule has 0 radical (unpaired) electrons. The lowest BCUT2D eigenvalue weighted by atomic mass is 9.87. The third kappa shape index (κ3) is 4.52. The van der Waals surface area contributed by atoms with Crippen LogP contribution in [0.4, 0.5) is 4.79 Å². The van der Waals surface area contributed by atoms with Gasteiger partial charge >= 0.3 is 6.09 Å². The summed E-state index contributed by atoms with van der Waals surface area (Å²) in [6.07, 6.45) is 2.96. The molecule has 0 unspecified atom stereocenters. The van der Waals surface area contributed by atoms with Crippen LogP contribution in [0, 0.1) is 0 Å². The fourth-order valence-corrected chi connectivity index (χ4v) is 5.02. The van der Waals surface area contributed by atoms with Gasteiger partial charge < -0.3 is 29.0 Å². The highest BCUT2D eigenvalue weighted by Gasteiger charge is 2.29. The second-order valence-electron chi connectivity index (χ2n) is 8.87. The van der Waals surface area contributed by atoms with Crippen LogP contribution in [0.1, 0.15) is 42.9 Å². The van der Waals surface area contributed by atoms with Gasteiger partial charge in [0.15, 0.2) is 11.5 Å². The summed E-state index contributed by atoms with van der Waals surface area (Å²) in [5.41, 5.74) is 4.47. The lowest BCUT2D eigenvalue weighted by Crippen LogP contribution is -2.50. The van der Waals surface area contributed by atoms with Crippen LogP contribution >= 0.6 is 0 Å². The molecule has 8 nitrogen and oxygen atoms in total. The molecular formula is C27H31N3O5. The molecule has 2 amide bonds. The van der Waals surface area contributed by atoms with Gasteiger partial charge in [-0.3, -0.25) is 4.79 Å². The van der Waals surface area contributed by atoms with E-state index in [1.807, 2.05) is 29.3 Å². The first-order valence-electron chi connectivity index (χ1n) is 12.3. The van der Waals surface area contributed by atoms with Crippen LogP contribution in [0.2, 0.25) is 0 Å². The van der Waals surface area contributed by atoms with Crippen molar-refractivity contribution < 1.29 is 23.8 Å². The van der Waals surface area contributed by atoms with Gasteiger partial charge in [-0.05, 0) is 42.2 Å². The van der Waals surface area contributed by atoms with Crippen molar-refractivity contribution >= 4 is 22.9 Å². The number of hydrogen-bond acceptors (Lipinski definition) is 5. The van der Waals surface area contributed by atoms with Gasteiger partial charge in [0.25, 0.3) is 0 Å². The molecule has 0 aliphatic carbocycles.